The fourth-order valence-electron chi connectivity index (χ4n) is 3.05. The van der Waals surface area contributed by atoms with E-state index in [4.69, 9.17) is 0 Å². The second-order valence-electron chi connectivity index (χ2n) is 5.99. The molecule has 2 rings (SSSR count). The fraction of sp³-hybridized carbons (Fsp3) is 0.929. The van der Waals surface area contributed by atoms with Crippen LogP contribution in [0.4, 0.5) is 13.2 Å². The molecule has 0 heterocycles. The van der Waals surface area contributed by atoms with Crippen molar-refractivity contribution in [1.29, 1.82) is 0 Å². The molecular formula is C14H22F3NO. The van der Waals surface area contributed by atoms with Gasteiger partial charge in [0.15, 0.2) is 0 Å². The molecule has 2 aliphatic rings. The van der Waals surface area contributed by atoms with Gasteiger partial charge < -0.3 is 0 Å². The zero-order chi connectivity index (χ0) is 14.0. The highest BCUT2D eigenvalue weighted by molar-refractivity contribution is 5.82. The summed E-state index contributed by atoms with van der Waals surface area (Å²) in [5.41, 5.74) is 0. The van der Waals surface area contributed by atoms with E-state index in [-0.39, 0.29) is 17.7 Å². The quantitative estimate of drug-likeness (QED) is 0.767. The van der Waals surface area contributed by atoms with E-state index in [2.05, 4.69) is 6.92 Å². The molecule has 0 saturated heterocycles. The van der Waals surface area contributed by atoms with Crippen molar-refractivity contribution < 1.29 is 18.0 Å². The van der Waals surface area contributed by atoms with E-state index >= 15 is 0 Å². The van der Waals surface area contributed by atoms with Crippen LogP contribution in [0.5, 0.6) is 0 Å². The topological polar surface area (TPSA) is 20.3 Å². The molecule has 19 heavy (non-hydrogen) atoms. The molecule has 0 bridgehead atoms. The molecule has 2 atom stereocenters. The van der Waals surface area contributed by atoms with E-state index in [1.165, 1.54) is 4.90 Å². The van der Waals surface area contributed by atoms with E-state index in [1.807, 2.05) is 0 Å². The Balaban J connectivity index is 1.93. The Hall–Kier alpha value is -0.580. The SMILES string of the molecule is CCC1CCC(=O)C(CN(CC(F)(F)F)C2CC2)C1. The Kier molecular flexibility index (Phi) is 4.54. The number of carbonyl (C=O) groups is 1. The van der Waals surface area contributed by atoms with Crippen LogP contribution in [0.3, 0.4) is 0 Å². The van der Waals surface area contributed by atoms with Gasteiger partial charge in [-0.25, -0.2) is 0 Å². The second kappa shape index (κ2) is 5.81. The summed E-state index contributed by atoms with van der Waals surface area (Å²) in [5, 5.41) is 0. The largest absolute Gasteiger partial charge is 0.401 e. The highest BCUT2D eigenvalue weighted by atomic mass is 19.4. The van der Waals surface area contributed by atoms with Gasteiger partial charge in [0.2, 0.25) is 0 Å². The first-order valence-electron chi connectivity index (χ1n) is 7.22. The zero-order valence-electron chi connectivity index (χ0n) is 11.4. The minimum Gasteiger partial charge on any atom is -0.299 e. The molecule has 2 aliphatic carbocycles. The minimum atomic E-state index is -4.16. The number of hydrogen-bond acceptors (Lipinski definition) is 2. The van der Waals surface area contributed by atoms with Crippen LogP contribution in [0.2, 0.25) is 0 Å². The Labute approximate surface area is 112 Å². The van der Waals surface area contributed by atoms with Gasteiger partial charge >= 0.3 is 6.18 Å². The standard InChI is InChI=1S/C14H22F3NO/c1-2-10-3-6-13(19)11(7-10)8-18(12-4-5-12)9-14(15,16)17/h10-12H,2-9H2,1H3. The number of nitrogens with zero attached hydrogens (tertiary/aromatic N) is 1. The van der Waals surface area contributed by atoms with Gasteiger partial charge in [0, 0.05) is 24.9 Å². The van der Waals surface area contributed by atoms with Gasteiger partial charge in [-0.05, 0) is 31.6 Å². The third-order valence-electron chi connectivity index (χ3n) is 4.35. The number of ketones is 1. The van der Waals surface area contributed by atoms with Gasteiger partial charge in [0.1, 0.15) is 5.78 Å². The molecule has 2 unspecified atom stereocenters. The molecule has 2 fully saturated rings. The van der Waals surface area contributed by atoms with Crippen molar-refractivity contribution >= 4 is 5.78 Å². The van der Waals surface area contributed by atoms with Crippen LogP contribution < -0.4 is 0 Å². The first-order valence-corrected chi connectivity index (χ1v) is 7.22. The number of carbonyl (C=O) groups excluding carboxylic acids is 1. The summed E-state index contributed by atoms with van der Waals surface area (Å²) in [7, 11) is 0. The van der Waals surface area contributed by atoms with Gasteiger partial charge in [0.05, 0.1) is 6.54 Å². The van der Waals surface area contributed by atoms with Crippen LogP contribution in [0.15, 0.2) is 0 Å². The van der Waals surface area contributed by atoms with Gasteiger partial charge in [-0.2, -0.15) is 13.2 Å². The van der Waals surface area contributed by atoms with Gasteiger partial charge in [-0.15, -0.1) is 0 Å². The number of Topliss-reactive ketones (excluding diaryl/α,β-unsaturated/α-hetero) is 1. The monoisotopic (exact) mass is 277 g/mol. The molecule has 2 nitrogen and oxygen atoms in total. The Morgan fingerprint density at radius 2 is 1.95 bits per heavy atom. The van der Waals surface area contributed by atoms with Crippen LogP contribution in [0.25, 0.3) is 0 Å². The maximum Gasteiger partial charge on any atom is 0.401 e. The van der Waals surface area contributed by atoms with E-state index in [1.54, 1.807) is 0 Å². The van der Waals surface area contributed by atoms with Crippen molar-refractivity contribution in [2.24, 2.45) is 11.8 Å². The predicted molar refractivity (Wildman–Crippen MR) is 66.8 cm³/mol. The summed E-state index contributed by atoms with van der Waals surface area (Å²) in [6, 6.07) is 0.0522. The van der Waals surface area contributed by atoms with Crippen LogP contribution in [-0.2, 0) is 4.79 Å². The number of alkyl halides is 3. The van der Waals surface area contributed by atoms with E-state index in [9.17, 15) is 18.0 Å². The van der Waals surface area contributed by atoms with Crippen molar-refractivity contribution in [3.63, 3.8) is 0 Å². The average Bonchev–Trinajstić information content (AvgIpc) is 3.13. The molecule has 0 aromatic rings. The third-order valence-corrected chi connectivity index (χ3v) is 4.35. The summed E-state index contributed by atoms with van der Waals surface area (Å²) in [6.07, 6.45) is 0.776. The minimum absolute atomic E-state index is 0.0522. The molecule has 0 aromatic heterocycles. The number of halogens is 3. The van der Waals surface area contributed by atoms with Crippen molar-refractivity contribution in [3.05, 3.63) is 0 Å². The molecule has 0 radical (unpaired) electrons. The molecule has 0 aromatic carbocycles. The molecule has 2 saturated carbocycles. The molecule has 0 N–H and O–H groups in total. The Morgan fingerprint density at radius 1 is 1.26 bits per heavy atom. The van der Waals surface area contributed by atoms with Crippen LogP contribution in [0.1, 0.15) is 45.4 Å². The predicted octanol–water partition coefficient (Wildman–Crippen LogP) is 3.41. The summed E-state index contributed by atoms with van der Waals surface area (Å²) >= 11 is 0. The van der Waals surface area contributed by atoms with E-state index in [0.29, 0.717) is 18.9 Å². The summed E-state index contributed by atoms with van der Waals surface area (Å²) < 4.78 is 37.7. The summed E-state index contributed by atoms with van der Waals surface area (Å²) in [5.74, 6) is 0.494. The molecule has 5 heteroatoms. The Bertz CT molecular complexity index is 325. The summed E-state index contributed by atoms with van der Waals surface area (Å²) in [6.45, 7) is 1.53. The smallest absolute Gasteiger partial charge is 0.299 e. The van der Waals surface area contributed by atoms with Crippen molar-refractivity contribution in [2.75, 3.05) is 13.1 Å². The lowest BCUT2D eigenvalue weighted by molar-refractivity contribution is -0.151. The fourth-order valence-corrected chi connectivity index (χ4v) is 3.05. The first kappa shape index (κ1) is 14.8. The summed E-state index contributed by atoms with van der Waals surface area (Å²) in [4.78, 5) is 13.4. The van der Waals surface area contributed by atoms with Gasteiger partial charge in [-0.3, -0.25) is 9.69 Å². The van der Waals surface area contributed by atoms with Crippen molar-refractivity contribution in [3.8, 4) is 0 Å². The van der Waals surface area contributed by atoms with Crippen LogP contribution >= 0.6 is 0 Å². The zero-order valence-corrected chi connectivity index (χ0v) is 11.4. The third kappa shape index (κ3) is 4.48. The van der Waals surface area contributed by atoms with E-state index < -0.39 is 12.7 Å². The number of hydrogen-bond donors (Lipinski definition) is 0. The maximum atomic E-state index is 12.6. The van der Waals surface area contributed by atoms with Gasteiger partial charge in [0.25, 0.3) is 0 Å². The highest BCUT2D eigenvalue weighted by Gasteiger charge is 2.40. The van der Waals surface area contributed by atoms with Crippen LogP contribution in [-0.4, -0.2) is 36.0 Å². The van der Waals surface area contributed by atoms with Crippen molar-refractivity contribution in [2.45, 2.75) is 57.7 Å². The highest BCUT2D eigenvalue weighted by Crippen LogP contribution is 2.34. The normalized spacial score (nSPS) is 29.0. The molecular weight excluding hydrogens is 255 g/mol. The first-order chi connectivity index (χ1) is 8.89. The maximum absolute atomic E-state index is 12.6. The lowest BCUT2D eigenvalue weighted by Gasteiger charge is -2.32. The molecule has 0 spiro atoms. The van der Waals surface area contributed by atoms with Crippen molar-refractivity contribution in [1.82, 2.24) is 4.90 Å². The molecule has 110 valence electrons. The van der Waals surface area contributed by atoms with Crippen LogP contribution in [0, 0.1) is 11.8 Å². The van der Waals surface area contributed by atoms with Gasteiger partial charge in [-0.1, -0.05) is 13.3 Å². The molecule has 0 amide bonds. The Morgan fingerprint density at radius 3 is 2.47 bits per heavy atom. The number of rotatable bonds is 5. The average molecular weight is 277 g/mol. The second-order valence-corrected chi connectivity index (χ2v) is 5.99. The lowest BCUT2D eigenvalue weighted by Crippen LogP contribution is -2.42. The lowest BCUT2D eigenvalue weighted by atomic mass is 9.79. The molecule has 0 aliphatic heterocycles. The van der Waals surface area contributed by atoms with E-state index in [0.717, 1.165) is 32.1 Å².